The molecule has 2 aliphatic carbocycles. The maximum absolute atomic E-state index is 14.6. The number of alkyl halides is 3. The molecule has 0 spiro atoms. The molecule has 3 aromatic carbocycles. The molecule has 6 rings (SSSR count). The minimum absolute atomic E-state index is 0.126. The maximum Gasteiger partial charge on any atom is 0.416 e. The molecule has 7 heteroatoms. The number of carbonyl (C=O) groups excluding carboxylic acids is 3. The van der Waals surface area contributed by atoms with E-state index >= 15 is 0 Å². The third kappa shape index (κ3) is 3.22. The van der Waals surface area contributed by atoms with Gasteiger partial charge in [0, 0.05) is 0 Å². The van der Waals surface area contributed by atoms with Gasteiger partial charge in [0.15, 0.2) is 5.78 Å². The summed E-state index contributed by atoms with van der Waals surface area (Å²) < 4.78 is 40.6. The summed E-state index contributed by atoms with van der Waals surface area (Å²) in [6, 6.07) is 23.1. The highest BCUT2D eigenvalue weighted by atomic mass is 19.4. The molecule has 0 radical (unpaired) electrons. The summed E-state index contributed by atoms with van der Waals surface area (Å²) in [5.74, 6) is -3.41. The largest absolute Gasteiger partial charge is 0.416 e. The fourth-order valence-corrected chi connectivity index (χ4v) is 7.43. The molecule has 0 N–H and O–H groups in total. The van der Waals surface area contributed by atoms with Gasteiger partial charge in [-0.25, -0.2) is 4.90 Å². The van der Waals surface area contributed by atoms with Gasteiger partial charge in [0.25, 0.3) is 0 Å². The van der Waals surface area contributed by atoms with E-state index in [1.807, 2.05) is 67.6 Å². The van der Waals surface area contributed by atoms with E-state index in [1.54, 1.807) is 6.92 Å². The molecule has 4 nitrogen and oxygen atoms in total. The summed E-state index contributed by atoms with van der Waals surface area (Å²) >= 11 is 0. The topological polar surface area (TPSA) is 54.5 Å². The van der Waals surface area contributed by atoms with Gasteiger partial charge in [-0.3, -0.25) is 14.4 Å². The Kier molecular flexibility index (Phi) is 5.51. The van der Waals surface area contributed by atoms with Crippen LogP contribution in [-0.2, 0) is 20.6 Å². The first-order valence-corrected chi connectivity index (χ1v) is 13.0. The predicted molar refractivity (Wildman–Crippen MR) is 141 cm³/mol. The van der Waals surface area contributed by atoms with Crippen molar-refractivity contribution in [3.05, 3.63) is 102 Å². The van der Waals surface area contributed by atoms with Crippen LogP contribution in [0.15, 0.2) is 84.9 Å². The van der Waals surface area contributed by atoms with Crippen molar-refractivity contribution in [2.75, 3.05) is 4.90 Å². The first-order valence-electron chi connectivity index (χ1n) is 13.0. The van der Waals surface area contributed by atoms with Crippen molar-refractivity contribution in [1.29, 1.82) is 0 Å². The summed E-state index contributed by atoms with van der Waals surface area (Å²) in [5, 5.41) is 0. The second kappa shape index (κ2) is 8.50. The van der Waals surface area contributed by atoms with Gasteiger partial charge in [-0.1, -0.05) is 80.1 Å². The molecule has 4 atom stereocenters. The van der Waals surface area contributed by atoms with Crippen LogP contribution in [0.5, 0.6) is 0 Å². The second-order valence-electron chi connectivity index (χ2n) is 10.8. The number of carbonyl (C=O) groups is 3. The molecule has 1 aliphatic heterocycles. The van der Waals surface area contributed by atoms with Crippen molar-refractivity contribution in [3.63, 3.8) is 0 Å². The number of hydrogen-bond acceptors (Lipinski definition) is 3. The Morgan fingerprint density at radius 3 is 1.90 bits per heavy atom. The van der Waals surface area contributed by atoms with Gasteiger partial charge in [-0.2, -0.15) is 13.2 Å². The summed E-state index contributed by atoms with van der Waals surface area (Å²) in [6.07, 6.45) is -3.71. The predicted octanol–water partition coefficient (Wildman–Crippen LogP) is 6.81. The number of halogens is 3. The van der Waals surface area contributed by atoms with Gasteiger partial charge in [0.2, 0.25) is 11.8 Å². The first-order chi connectivity index (χ1) is 18.6. The smallest absolute Gasteiger partial charge is 0.298 e. The zero-order valence-corrected chi connectivity index (χ0v) is 21.5. The number of nitrogens with zero attached hydrogens (tertiary/aromatic N) is 1. The normalized spacial score (nSPS) is 28.0. The number of fused-ring (bicyclic) bond motifs is 5. The van der Waals surface area contributed by atoms with Crippen LogP contribution in [0.3, 0.4) is 0 Å². The van der Waals surface area contributed by atoms with Gasteiger partial charge in [-0.05, 0) is 53.8 Å². The average molecular weight is 530 g/mol. The standard InChI is InChI=1S/C32H26F3NO3/c1-3-17-31-24(20-13-8-5-9-14-20)23(19-11-6-4-7-12-19)30(2,29(31)39)25-26(31)28(38)36(27(25)37)22-16-10-15-21(18-22)32(33,34)35/h4-16,18,25-26H,3,17H2,1-2H3/t25-,26+,30+,31-/m1/s1. The van der Waals surface area contributed by atoms with Crippen molar-refractivity contribution in [1.82, 2.24) is 0 Å². The number of anilines is 1. The maximum atomic E-state index is 14.6. The molecule has 1 heterocycles. The molecule has 0 unspecified atom stereocenters. The molecule has 1 saturated heterocycles. The summed E-state index contributed by atoms with van der Waals surface area (Å²) in [7, 11) is 0. The molecular formula is C32H26F3NO3. The number of ketones is 1. The summed E-state index contributed by atoms with van der Waals surface area (Å²) in [6.45, 7) is 3.67. The van der Waals surface area contributed by atoms with Gasteiger partial charge < -0.3 is 0 Å². The number of rotatable bonds is 5. The van der Waals surface area contributed by atoms with E-state index in [9.17, 15) is 27.6 Å². The van der Waals surface area contributed by atoms with Crippen molar-refractivity contribution in [2.45, 2.75) is 32.9 Å². The van der Waals surface area contributed by atoms with E-state index in [0.717, 1.165) is 39.3 Å². The van der Waals surface area contributed by atoms with Gasteiger partial charge in [0.1, 0.15) is 0 Å². The quantitative estimate of drug-likeness (QED) is 0.341. The van der Waals surface area contributed by atoms with Gasteiger partial charge in [0.05, 0.1) is 33.9 Å². The van der Waals surface area contributed by atoms with E-state index in [0.29, 0.717) is 12.8 Å². The van der Waals surface area contributed by atoms with Crippen LogP contribution in [0.4, 0.5) is 18.9 Å². The van der Waals surface area contributed by atoms with Crippen LogP contribution in [0, 0.1) is 22.7 Å². The highest BCUT2D eigenvalue weighted by molar-refractivity contribution is 6.34. The van der Waals surface area contributed by atoms with Crippen LogP contribution in [-0.4, -0.2) is 17.6 Å². The van der Waals surface area contributed by atoms with Crippen LogP contribution in [0.1, 0.15) is 43.4 Å². The van der Waals surface area contributed by atoms with Gasteiger partial charge >= 0.3 is 6.18 Å². The lowest BCUT2D eigenvalue weighted by Gasteiger charge is -2.37. The van der Waals surface area contributed by atoms with E-state index < -0.39 is 46.2 Å². The molecule has 2 bridgehead atoms. The monoisotopic (exact) mass is 529 g/mol. The van der Waals surface area contributed by atoms with E-state index in [1.165, 1.54) is 12.1 Å². The van der Waals surface area contributed by atoms with Crippen LogP contribution in [0.2, 0.25) is 0 Å². The number of hydrogen-bond donors (Lipinski definition) is 0. The van der Waals surface area contributed by atoms with Gasteiger partial charge in [-0.15, -0.1) is 0 Å². The second-order valence-corrected chi connectivity index (χ2v) is 10.8. The average Bonchev–Trinajstić information content (AvgIpc) is 3.39. The number of allylic oxidation sites excluding steroid dienone is 2. The Labute approximate surface area is 224 Å². The Hall–Kier alpha value is -4.00. The molecule has 3 aromatic rings. The Morgan fingerprint density at radius 1 is 0.769 bits per heavy atom. The molecule has 2 amide bonds. The number of benzene rings is 3. The Morgan fingerprint density at radius 2 is 1.33 bits per heavy atom. The third-order valence-electron chi connectivity index (χ3n) is 8.75. The Bertz CT molecular complexity index is 1550. The minimum atomic E-state index is -4.63. The third-order valence-corrected chi connectivity index (χ3v) is 8.75. The molecule has 0 aromatic heterocycles. The van der Waals surface area contributed by atoms with E-state index in [4.69, 9.17) is 0 Å². The van der Waals surface area contributed by atoms with E-state index in [-0.39, 0.29) is 11.5 Å². The van der Waals surface area contributed by atoms with Crippen molar-refractivity contribution < 1.29 is 27.6 Å². The summed E-state index contributed by atoms with van der Waals surface area (Å²) in [5.41, 5.74) is -0.602. The highest BCUT2D eigenvalue weighted by Gasteiger charge is 2.80. The fraction of sp³-hybridized carbons (Fsp3) is 0.281. The molecule has 39 heavy (non-hydrogen) atoms. The van der Waals surface area contributed by atoms with Crippen LogP contribution in [0.25, 0.3) is 11.1 Å². The molecule has 1 saturated carbocycles. The number of imide groups is 1. The van der Waals surface area contributed by atoms with Crippen molar-refractivity contribution >= 4 is 34.4 Å². The first kappa shape index (κ1) is 25.3. The summed E-state index contributed by atoms with van der Waals surface area (Å²) in [4.78, 5) is 43.8. The zero-order valence-electron chi connectivity index (χ0n) is 21.5. The SMILES string of the molecule is CCC[C@@]12C(=O)[C@@](C)(C(c3ccccc3)=C1c1ccccc1)[C@H]1C(=O)N(c3cccc(C(F)(F)F)c3)C(=O)[C@H]12. The lowest BCUT2D eigenvalue weighted by atomic mass is 9.61. The molecular weight excluding hydrogens is 503 g/mol. The molecule has 3 aliphatic rings. The lowest BCUT2D eigenvalue weighted by Crippen LogP contribution is -2.41. The minimum Gasteiger partial charge on any atom is -0.298 e. The fourth-order valence-electron chi connectivity index (χ4n) is 7.43. The lowest BCUT2D eigenvalue weighted by molar-refractivity contribution is -0.137. The number of Topliss-reactive ketones (excluding diaryl/α,β-unsaturated/α-hetero) is 1. The highest BCUT2D eigenvalue weighted by Crippen LogP contribution is 2.75. The van der Waals surface area contributed by atoms with E-state index in [2.05, 4.69) is 0 Å². The van der Waals surface area contributed by atoms with Crippen molar-refractivity contribution in [2.24, 2.45) is 22.7 Å². The number of amides is 2. The van der Waals surface area contributed by atoms with Crippen molar-refractivity contribution in [3.8, 4) is 0 Å². The van der Waals surface area contributed by atoms with Crippen LogP contribution >= 0.6 is 0 Å². The zero-order chi connectivity index (χ0) is 27.7. The molecule has 198 valence electrons. The molecule has 2 fully saturated rings. The Balaban J connectivity index is 1.62. The van der Waals surface area contributed by atoms with Crippen LogP contribution < -0.4 is 4.90 Å².